The van der Waals surface area contributed by atoms with Crippen LogP contribution in [-0.4, -0.2) is 20.8 Å². The number of aromatic nitrogens is 3. The maximum absolute atomic E-state index is 12.5. The molecule has 3 aromatic carbocycles. The number of hydrogen-bond donors (Lipinski definition) is 0. The molecule has 0 amide bonds. The highest BCUT2D eigenvalue weighted by Crippen LogP contribution is 2.16. The predicted molar refractivity (Wildman–Crippen MR) is 116 cm³/mol. The minimum absolute atomic E-state index is 0.0712. The molecule has 0 aliphatic rings. The minimum Gasteiger partial charge on any atom is -0.487 e. The molecule has 1 heterocycles. The lowest BCUT2D eigenvalue weighted by Gasteiger charge is -2.05. The molecule has 0 aliphatic carbocycles. The van der Waals surface area contributed by atoms with Crippen molar-refractivity contribution in [3.8, 4) is 5.75 Å². The summed E-state index contributed by atoms with van der Waals surface area (Å²) in [6.45, 7) is 0.942. The molecule has 0 atom stereocenters. The average molecular weight is 395 g/mol. The third-order valence-corrected chi connectivity index (χ3v) is 4.51. The first-order valence-electron chi connectivity index (χ1n) is 9.69. The van der Waals surface area contributed by atoms with Gasteiger partial charge in [-0.05, 0) is 29.3 Å². The fourth-order valence-corrected chi connectivity index (χ4v) is 2.98. The number of carbonyl (C=O) groups excluding carboxylic acids is 1. The van der Waals surface area contributed by atoms with Crippen molar-refractivity contribution in [2.24, 2.45) is 0 Å². The van der Waals surface area contributed by atoms with E-state index >= 15 is 0 Å². The van der Waals surface area contributed by atoms with Crippen LogP contribution < -0.4 is 4.74 Å². The molecule has 0 aliphatic heterocycles. The van der Waals surface area contributed by atoms with E-state index < -0.39 is 0 Å². The molecular formula is C25H21N3O2. The number of rotatable bonds is 8. The van der Waals surface area contributed by atoms with E-state index in [0.29, 0.717) is 17.9 Å². The van der Waals surface area contributed by atoms with Gasteiger partial charge < -0.3 is 4.74 Å². The quantitative estimate of drug-likeness (QED) is 0.318. The molecule has 148 valence electrons. The van der Waals surface area contributed by atoms with E-state index in [-0.39, 0.29) is 12.4 Å². The molecule has 30 heavy (non-hydrogen) atoms. The van der Waals surface area contributed by atoms with E-state index in [1.807, 2.05) is 79.0 Å². The Morgan fingerprint density at radius 3 is 2.50 bits per heavy atom. The third kappa shape index (κ3) is 5.29. The molecule has 0 saturated carbocycles. The molecule has 0 N–H and O–H groups in total. The number of ether oxygens (including phenoxy) is 1. The zero-order valence-corrected chi connectivity index (χ0v) is 16.4. The summed E-state index contributed by atoms with van der Waals surface area (Å²) in [5, 5.41) is 8.30. The fourth-order valence-electron chi connectivity index (χ4n) is 2.98. The molecule has 4 rings (SSSR count). The van der Waals surface area contributed by atoms with Gasteiger partial charge in [-0.1, -0.05) is 84.1 Å². The van der Waals surface area contributed by atoms with Gasteiger partial charge in [-0.15, -0.1) is 5.10 Å². The average Bonchev–Trinajstić information content (AvgIpc) is 3.25. The van der Waals surface area contributed by atoms with Gasteiger partial charge in [0, 0.05) is 5.56 Å². The van der Waals surface area contributed by atoms with Crippen LogP contribution in [0.4, 0.5) is 0 Å². The van der Waals surface area contributed by atoms with Crippen LogP contribution in [0.5, 0.6) is 5.75 Å². The van der Waals surface area contributed by atoms with Gasteiger partial charge in [0.15, 0.2) is 5.78 Å². The van der Waals surface area contributed by atoms with Crippen LogP contribution in [-0.2, 0) is 13.2 Å². The number of nitrogens with zero attached hydrogens (tertiary/aromatic N) is 3. The number of ketones is 1. The van der Waals surface area contributed by atoms with Gasteiger partial charge in [-0.25, -0.2) is 4.68 Å². The van der Waals surface area contributed by atoms with Crippen molar-refractivity contribution >= 4 is 11.9 Å². The normalized spacial score (nSPS) is 10.9. The Morgan fingerprint density at radius 2 is 1.70 bits per heavy atom. The highest BCUT2D eigenvalue weighted by molar-refractivity contribution is 6.07. The number of benzene rings is 3. The standard InChI is InChI=1S/C25H21N3O2/c29-25(15-14-20-8-3-1-4-9-20)22-12-7-13-24(16-22)30-19-23-18-28(27-26-23)17-21-10-5-2-6-11-21/h1-16,18H,17,19H2/b15-14+. The van der Waals surface area contributed by atoms with Crippen molar-refractivity contribution in [1.82, 2.24) is 15.0 Å². The highest BCUT2D eigenvalue weighted by Gasteiger charge is 2.06. The Balaban J connectivity index is 1.35. The molecule has 0 bridgehead atoms. The molecule has 5 nitrogen and oxygen atoms in total. The molecule has 5 heteroatoms. The van der Waals surface area contributed by atoms with Crippen LogP contribution >= 0.6 is 0 Å². The summed E-state index contributed by atoms with van der Waals surface area (Å²) in [6.07, 6.45) is 5.25. The van der Waals surface area contributed by atoms with Crippen LogP contribution in [0.1, 0.15) is 27.2 Å². The third-order valence-electron chi connectivity index (χ3n) is 4.51. The van der Waals surface area contributed by atoms with Crippen molar-refractivity contribution in [2.45, 2.75) is 13.2 Å². The van der Waals surface area contributed by atoms with Crippen molar-refractivity contribution in [3.05, 3.63) is 120 Å². The first kappa shape index (κ1) is 19.3. The lowest BCUT2D eigenvalue weighted by molar-refractivity contribution is 0.104. The van der Waals surface area contributed by atoms with Gasteiger partial charge in [0.25, 0.3) is 0 Å². The van der Waals surface area contributed by atoms with Gasteiger partial charge in [-0.2, -0.15) is 0 Å². The first-order valence-corrected chi connectivity index (χ1v) is 9.69. The maximum atomic E-state index is 12.5. The van der Waals surface area contributed by atoms with E-state index in [4.69, 9.17) is 4.74 Å². The van der Waals surface area contributed by atoms with Crippen LogP contribution in [0.25, 0.3) is 6.08 Å². The van der Waals surface area contributed by atoms with Gasteiger partial charge in [0.1, 0.15) is 18.1 Å². The molecule has 1 aromatic heterocycles. The Bertz CT molecular complexity index is 1140. The Labute approximate surface area is 175 Å². The van der Waals surface area contributed by atoms with Gasteiger partial charge >= 0.3 is 0 Å². The van der Waals surface area contributed by atoms with E-state index in [0.717, 1.165) is 16.8 Å². The molecule has 0 unspecified atom stereocenters. The second kappa shape index (κ2) is 9.47. The maximum Gasteiger partial charge on any atom is 0.185 e. The summed E-state index contributed by atoms with van der Waals surface area (Å²) >= 11 is 0. The molecule has 0 fully saturated rings. The summed E-state index contributed by atoms with van der Waals surface area (Å²) in [5.41, 5.74) is 3.44. The second-order valence-electron chi connectivity index (χ2n) is 6.82. The van der Waals surface area contributed by atoms with Crippen LogP contribution in [0.3, 0.4) is 0 Å². The fraction of sp³-hybridized carbons (Fsp3) is 0.0800. The zero-order valence-electron chi connectivity index (χ0n) is 16.4. The minimum atomic E-state index is -0.0712. The molecular weight excluding hydrogens is 374 g/mol. The lowest BCUT2D eigenvalue weighted by Crippen LogP contribution is -2.00. The van der Waals surface area contributed by atoms with Crippen LogP contribution in [0.2, 0.25) is 0 Å². The van der Waals surface area contributed by atoms with E-state index in [1.165, 1.54) is 0 Å². The van der Waals surface area contributed by atoms with Crippen molar-refractivity contribution in [3.63, 3.8) is 0 Å². The summed E-state index contributed by atoms with van der Waals surface area (Å²) in [7, 11) is 0. The number of carbonyl (C=O) groups is 1. The molecule has 0 spiro atoms. The van der Waals surface area contributed by atoms with Gasteiger partial charge in [-0.3, -0.25) is 4.79 Å². The zero-order chi connectivity index (χ0) is 20.6. The van der Waals surface area contributed by atoms with Crippen LogP contribution in [0, 0.1) is 0 Å². The molecule has 0 saturated heterocycles. The SMILES string of the molecule is O=C(/C=C/c1ccccc1)c1cccc(OCc2cn(Cc3ccccc3)nn2)c1. The lowest BCUT2D eigenvalue weighted by atomic mass is 10.1. The summed E-state index contributed by atoms with van der Waals surface area (Å²) in [4.78, 5) is 12.5. The number of allylic oxidation sites excluding steroid dienone is 1. The summed E-state index contributed by atoms with van der Waals surface area (Å²) in [6, 6.07) is 27.0. The molecule has 0 radical (unpaired) electrons. The highest BCUT2D eigenvalue weighted by atomic mass is 16.5. The Morgan fingerprint density at radius 1 is 0.933 bits per heavy atom. The Kier molecular flexibility index (Phi) is 6.11. The second-order valence-corrected chi connectivity index (χ2v) is 6.82. The monoisotopic (exact) mass is 395 g/mol. The topological polar surface area (TPSA) is 57.0 Å². The van der Waals surface area contributed by atoms with E-state index in [1.54, 1.807) is 29.0 Å². The van der Waals surface area contributed by atoms with E-state index in [9.17, 15) is 4.79 Å². The smallest absolute Gasteiger partial charge is 0.185 e. The van der Waals surface area contributed by atoms with Gasteiger partial charge in [0.05, 0.1) is 12.7 Å². The van der Waals surface area contributed by atoms with Crippen LogP contribution in [0.15, 0.2) is 97.2 Å². The van der Waals surface area contributed by atoms with Crippen molar-refractivity contribution < 1.29 is 9.53 Å². The van der Waals surface area contributed by atoms with Gasteiger partial charge in [0.2, 0.25) is 0 Å². The summed E-state index contributed by atoms with van der Waals surface area (Å²) < 4.78 is 7.60. The number of hydrogen-bond acceptors (Lipinski definition) is 4. The van der Waals surface area contributed by atoms with Crippen molar-refractivity contribution in [2.75, 3.05) is 0 Å². The molecule has 4 aromatic rings. The Hall–Kier alpha value is -3.99. The largest absolute Gasteiger partial charge is 0.487 e. The first-order chi connectivity index (χ1) is 14.8. The predicted octanol–water partition coefficient (Wildman–Crippen LogP) is 4.80. The van der Waals surface area contributed by atoms with Crippen molar-refractivity contribution in [1.29, 1.82) is 0 Å². The summed E-state index contributed by atoms with van der Waals surface area (Å²) in [5.74, 6) is 0.546. The van der Waals surface area contributed by atoms with E-state index in [2.05, 4.69) is 10.3 Å².